The van der Waals surface area contributed by atoms with Crippen molar-refractivity contribution in [3.8, 4) is 6.01 Å². The number of carbonyl (C=O) groups excluding carboxylic acids is 1. The molecule has 23 heavy (non-hydrogen) atoms. The zero-order valence-corrected chi connectivity index (χ0v) is 14.5. The predicted molar refractivity (Wildman–Crippen MR) is 84.2 cm³/mol. The topological polar surface area (TPSA) is 82.4 Å². The van der Waals surface area contributed by atoms with Gasteiger partial charge in [0.1, 0.15) is 5.60 Å². The molecular formula is C15H27N5O3. The zero-order valence-electron chi connectivity index (χ0n) is 14.5. The number of hydrogen-bond donors (Lipinski definition) is 0. The third-order valence-electron chi connectivity index (χ3n) is 3.62. The third-order valence-corrected chi connectivity index (χ3v) is 3.62. The summed E-state index contributed by atoms with van der Waals surface area (Å²) in [7, 11) is 0. The Morgan fingerprint density at radius 1 is 1.39 bits per heavy atom. The highest BCUT2D eigenvalue weighted by Crippen LogP contribution is 2.22. The smallest absolute Gasteiger partial charge is 0.410 e. The number of amides is 1. The van der Waals surface area contributed by atoms with Gasteiger partial charge in [-0.1, -0.05) is 18.4 Å². The molecule has 1 aromatic heterocycles. The van der Waals surface area contributed by atoms with E-state index in [1.165, 1.54) is 0 Å². The van der Waals surface area contributed by atoms with Gasteiger partial charge >= 0.3 is 12.1 Å². The van der Waals surface area contributed by atoms with Crippen molar-refractivity contribution in [3.05, 3.63) is 0 Å². The van der Waals surface area contributed by atoms with E-state index in [4.69, 9.17) is 9.47 Å². The minimum atomic E-state index is -0.493. The minimum absolute atomic E-state index is 0.0295. The van der Waals surface area contributed by atoms with E-state index in [1.807, 2.05) is 20.8 Å². The molecule has 8 heteroatoms. The van der Waals surface area contributed by atoms with Crippen molar-refractivity contribution in [2.75, 3.05) is 13.2 Å². The summed E-state index contributed by atoms with van der Waals surface area (Å²) in [5.74, 6) is 0. The molecule has 1 aliphatic rings. The second-order valence-corrected chi connectivity index (χ2v) is 6.82. The van der Waals surface area contributed by atoms with Gasteiger partial charge in [-0.2, -0.15) is 4.68 Å². The summed E-state index contributed by atoms with van der Waals surface area (Å²) in [6, 6.07) is 0.441. The fourth-order valence-corrected chi connectivity index (χ4v) is 2.51. The van der Waals surface area contributed by atoms with Gasteiger partial charge in [0.15, 0.2) is 0 Å². The maximum absolute atomic E-state index is 12.3. The summed E-state index contributed by atoms with van der Waals surface area (Å²) in [6.45, 7) is 9.54. The molecule has 1 fully saturated rings. The second kappa shape index (κ2) is 7.61. The molecule has 1 aliphatic heterocycles. The molecule has 0 radical (unpaired) electrons. The lowest BCUT2D eigenvalue weighted by atomic mass is 10.2. The van der Waals surface area contributed by atoms with Crippen molar-refractivity contribution < 1.29 is 14.3 Å². The minimum Gasteiger partial charge on any atom is -0.463 e. The van der Waals surface area contributed by atoms with E-state index in [9.17, 15) is 4.79 Å². The van der Waals surface area contributed by atoms with Gasteiger partial charge in [-0.25, -0.2) is 4.79 Å². The lowest BCUT2D eigenvalue weighted by molar-refractivity contribution is 0.0208. The molecule has 0 N–H and O–H groups in total. The Hall–Kier alpha value is -1.86. The van der Waals surface area contributed by atoms with Crippen LogP contribution in [0.2, 0.25) is 0 Å². The lowest BCUT2D eigenvalue weighted by Crippen LogP contribution is -2.41. The van der Waals surface area contributed by atoms with E-state index in [0.29, 0.717) is 25.7 Å². The van der Waals surface area contributed by atoms with E-state index in [-0.39, 0.29) is 12.1 Å². The SMILES string of the molecule is CCCCOc1nnnn1C[C@@H]1CCCN1C(=O)OC(C)(C)C. The Morgan fingerprint density at radius 2 is 2.17 bits per heavy atom. The number of ether oxygens (including phenoxy) is 2. The quantitative estimate of drug-likeness (QED) is 0.746. The molecule has 0 aliphatic carbocycles. The molecular weight excluding hydrogens is 298 g/mol. The molecule has 1 atom stereocenters. The van der Waals surface area contributed by atoms with E-state index < -0.39 is 5.60 Å². The van der Waals surface area contributed by atoms with E-state index in [0.717, 1.165) is 25.7 Å². The Kier molecular flexibility index (Phi) is 5.79. The molecule has 0 unspecified atom stereocenters. The van der Waals surface area contributed by atoms with Crippen molar-refractivity contribution in [3.63, 3.8) is 0 Å². The Bertz CT molecular complexity index is 511. The highest BCUT2D eigenvalue weighted by molar-refractivity contribution is 5.68. The van der Waals surface area contributed by atoms with Gasteiger partial charge in [0.05, 0.1) is 19.2 Å². The summed E-state index contributed by atoms with van der Waals surface area (Å²) in [5, 5.41) is 11.6. The van der Waals surface area contributed by atoms with Gasteiger partial charge in [0.2, 0.25) is 0 Å². The van der Waals surface area contributed by atoms with Crippen LogP contribution >= 0.6 is 0 Å². The molecule has 0 bridgehead atoms. The molecule has 1 aromatic rings. The molecule has 2 rings (SSSR count). The van der Waals surface area contributed by atoms with Crippen molar-refractivity contribution >= 4 is 6.09 Å². The van der Waals surface area contributed by atoms with Gasteiger partial charge in [0.25, 0.3) is 0 Å². The highest BCUT2D eigenvalue weighted by Gasteiger charge is 2.33. The number of carbonyl (C=O) groups is 1. The first-order valence-corrected chi connectivity index (χ1v) is 8.29. The van der Waals surface area contributed by atoms with Crippen LogP contribution in [0.4, 0.5) is 4.79 Å². The van der Waals surface area contributed by atoms with Crippen LogP contribution in [-0.2, 0) is 11.3 Å². The van der Waals surface area contributed by atoms with Gasteiger partial charge in [0, 0.05) is 6.54 Å². The Balaban J connectivity index is 1.96. The van der Waals surface area contributed by atoms with Crippen LogP contribution in [0.3, 0.4) is 0 Å². The fourth-order valence-electron chi connectivity index (χ4n) is 2.51. The number of rotatable bonds is 6. The summed E-state index contributed by atoms with van der Waals surface area (Å²) in [5.41, 5.74) is -0.493. The monoisotopic (exact) mass is 325 g/mol. The van der Waals surface area contributed by atoms with Crippen LogP contribution in [0.25, 0.3) is 0 Å². The van der Waals surface area contributed by atoms with Crippen molar-refractivity contribution in [1.82, 2.24) is 25.1 Å². The maximum atomic E-state index is 12.3. The largest absolute Gasteiger partial charge is 0.463 e. The summed E-state index contributed by atoms with van der Waals surface area (Å²) in [6.07, 6.45) is 3.60. The van der Waals surface area contributed by atoms with Crippen LogP contribution in [0.5, 0.6) is 6.01 Å². The summed E-state index contributed by atoms with van der Waals surface area (Å²) < 4.78 is 12.7. The van der Waals surface area contributed by atoms with E-state index in [2.05, 4.69) is 22.4 Å². The average Bonchev–Trinajstić information content (AvgIpc) is 3.07. The van der Waals surface area contributed by atoms with Gasteiger partial charge < -0.3 is 14.4 Å². The molecule has 130 valence electrons. The van der Waals surface area contributed by atoms with Crippen LogP contribution in [-0.4, -0.2) is 56.0 Å². The van der Waals surface area contributed by atoms with Crippen molar-refractivity contribution in [2.45, 2.75) is 71.6 Å². The van der Waals surface area contributed by atoms with Gasteiger partial charge in [-0.15, -0.1) is 0 Å². The first kappa shape index (κ1) is 17.5. The standard InChI is InChI=1S/C15H27N5O3/c1-5-6-10-22-13-16-17-18-20(13)11-12-8-7-9-19(12)14(21)23-15(2,3)4/h12H,5-11H2,1-4H3/t12-/m0/s1. The van der Waals surface area contributed by atoms with E-state index >= 15 is 0 Å². The van der Waals surface area contributed by atoms with Crippen LogP contribution < -0.4 is 4.74 Å². The number of likely N-dealkylation sites (tertiary alicyclic amines) is 1. The Morgan fingerprint density at radius 3 is 2.87 bits per heavy atom. The fraction of sp³-hybridized carbons (Fsp3) is 0.867. The number of hydrogen-bond acceptors (Lipinski definition) is 6. The van der Waals surface area contributed by atoms with Gasteiger partial charge in [-0.05, 0) is 50.5 Å². The molecule has 1 amide bonds. The first-order valence-electron chi connectivity index (χ1n) is 8.29. The van der Waals surface area contributed by atoms with E-state index in [1.54, 1.807) is 9.58 Å². The summed E-state index contributed by atoms with van der Waals surface area (Å²) >= 11 is 0. The van der Waals surface area contributed by atoms with Crippen LogP contribution in [0.1, 0.15) is 53.4 Å². The molecule has 1 saturated heterocycles. The molecule has 0 spiro atoms. The highest BCUT2D eigenvalue weighted by atomic mass is 16.6. The van der Waals surface area contributed by atoms with Crippen LogP contribution in [0.15, 0.2) is 0 Å². The van der Waals surface area contributed by atoms with Crippen LogP contribution in [0, 0.1) is 0 Å². The zero-order chi connectivity index (χ0) is 16.9. The first-order chi connectivity index (χ1) is 10.9. The normalized spacial score (nSPS) is 18.3. The number of nitrogens with zero attached hydrogens (tertiary/aromatic N) is 5. The number of unbranched alkanes of at least 4 members (excludes halogenated alkanes) is 1. The maximum Gasteiger partial charge on any atom is 0.410 e. The predicted octanol–water partition coefficient (Wildman–Crippen LogP) is 2.25. The average molecular weight is 325 g/mol. The number of tetrazole rings is 1. The Labute approximate surface area is 137 Å². The molecule has 8 nitrogen and oxygen atoms in total. The molecule has 0 saturated carbocycles. The lowest BCUT2D eigenvalue weighted by Gasteiger charge is -2.28. The van der Waals surface area contributed by atoms with Crippen molar-refractivity contribution in [2.24, 2.45) is 0 Å². The van der Waals surface area contributed by atoms with Crippen molar-refractivity contribution in [1.29, 1.82) is 0 Å². The molecule has 0 aromatic carbocycles. The molecule has 2 heterocycles. The summed E-state index contributed by atoms with van der Waals surface area (Å²) in [4.78, 5) is 14.1. The number of aromatic nitrogens is 4. The third kappa shape index (κ3) is 5.07. The second-order valence-electron chi connectivity index (χ2n) is 6.82. The van der Waals surface area contributed by atoms with Gasteiger partial charge in [-0.3, -0.25) is 0 Å².